The first-order valence-electron chi connectivity index (χ1n) is 11.6. The number of hydrogen-bond donors (Lipinski definition) is 2. The number of carbonyl (C=O) groups is 2. The fourth-order valence-electron chi connectivity index (χ4n) is 4.54. The maximum Gasteiger partial charge on any atom is 0.341 e. The van der Waals surface area contributed by atoms with Crippen molar-refractivity contribution in [1.29, 1.82) is 0 Å². The smallest absolute Gasteiger partial charge is 0.341 e. The molecule has 0 bridgehead atoms. The highest BCUT2D eigenvalue weighted by atomic mass is 35.5. The summed E-state index contributed by atoms with van der Waals surface area (Å²) in [5, 5.41) is 6.44. The lowest BCUT2D eigenvalue weighted by Crippen LogP contribution is -2.49. The summed E-state index contributed by atoms with van der Waals surface area (Å²) in [6.45, 7) is 0.541. The van der Waals surface area contributed by atoms with Crippen LogP contribution in [0.1, 0.15) is 35.1 Å². The van der Waals surface area contributed by atoms with E-state index in [-0.39, 0.29) is 18.4 Å². The zero-order chi connectivity index (χ0) is 24.6. The van der Waals surface area contributed by atoms with Gasteiger partial charge < -0.3 is 15.4 Å². The molecule has 3 aromatic carbocycles. The van der Waals surface area contributed by atoms with Crippen LogP contribution in [0, 0.1) is 5.92 Å². The second-order valence-electron chi connectivity index (χ2n) is 8.45. The van der Waals surface area contributed by atoms with E-state index in [1.165, 1.54) is 18.2 Å². The minimum Gasteiger partial charge on any atom is -0.379 e. The number of nitrogens with zero attached hydrogens (tertiary/aromatic N) is 1. The van der Waals surface area contributed by atoms with Gasteiger partial charge in [-0.3, -0.25) is 4.79 Å². The molecule has 35 heavy (non-hydrogen) atoms. The van der Waals surface area contributed by atoms with Crippen LogP contribution in [0.3, 0.4) is 0 Å². The Balaban J connectivity index is 1.54. The van der Waals surface area contributed by atoms with Gasteiger partial charge in [0.25, 0.3) is 0 Å². The van der Waals surface area contributed by atoms with Crippen LogP contribution in [0.2, 0.25) is 5.02 Å². The summed E-state index contributed by atoms with van der Waals surface area (Å²) in [6.07, 6.45) is 0.720. The van der Waals surface area contributed by atoms with Gasteiger partial charge in [-0.15, -0.1) is 0 Å². The van der Waals surface area contributed by atoms with E-state index >= 15 is 0 Å². The summed E-state index contributed by atoms with van der Waals surface area (Å²) in [5.41, 5.74) is 3.51. The van der Waals surface area contributed by atoms with Crippen LogP contribution in [0.15, 0.2) is 89.9 Å². The van der Waals surface area contributed by atoms with Crippen LogP contribution >= 0.6 is 11.6 Å². The normalized spacial score (nSPS) is 17.6. The number of urea groups is 1. The Hall–Kier alpha value is -3.48. The first-order valence-corrected chi connectivity index (χ1v) is 11.9. The number of methoxy groups -OCH3 is 1. The largest absolute Gasteiger partial charge is 0.379 e. The predicted molar refractivity (Wildman–Crippen MR) is 138 cm³/mol. The molecule has 180 valence electrons. The SMILES string of the molecule is COCC1=NC(=O)NC(c2cccc(Cl)c2)C1C(=O)NCCC(c1ccccc1)c1ccccc1. The van der Waals surface area contributed by atoms with Gasteiger partial charge in [-0.2, -0.15) is 4.99 Å². The van der Waals surface area contributed by atoms with Crippen LogP contribution in [0.5, 0.6) is 0 Å². The van der Waals surface area contributed by atoms with Gasteiger partial charge in [0.2, 0.25) is 5.91 Å². The average Bonchev–Trinajstić information content (AvgIpc) is 2.87. The first kappa shape index (κ1) is 24.6. The van der Waals surface area contributed by atoms with Gasteiger partial charge in [0.05, 0.1) is 18.4 Å². The number of hydrogen-bond acceptors (Lipinski definition) is 3. The van der Waals surface area contributed by atoms with Crippen molar-refractivity contribution in [2.75, 3.05) is 20.3 Å². The zero-order valence-electron chi connectivity index (χ0n) is 19.5. The van der Waals surface area contributed by atoms with Crippen molar-refractivity contribution >= 4 is 29.3 Å². The van der Waals surface area contributed by atoms with E-state index in [0.717, 1.165) is 12.0 Å². The van der Waals surface area contributed by atoms with Gasteiger partial charge in [-0.1, -0.05) is 84.4 Å². The highest BCUT2D eigenvalue weighted by Gasteiger charge is 2.38. The molecule has 1 aliphatic rings. The summed E-state index contributed by atoms with van der Waals surface area (Å²) in [7, 11) is 1.52. The fourth-order valence-corrected chi connectivity index (χ4v) is 4.73. The lowest BCUT2D eigenvalue weighted by Gasteiger charge is -2.31. The van der Waals surface area contributed by atoms with Gasteiger partial charge in [0.1, 0.15) is 5.92 Å². The van der Waals surface area contributed by atoms with Gasteiger partial charge >= 0.3 is 6.03 Å². The van der Waals surface area contributed by atoms with Crippen LogP contribution < -0.4 is 10.6 Å². The van der Waals surface area contributed by atoms with E-state index in [0.29, 0.717) is 17.3 Å². The Labute approximate surface area is 210 Å². The van der Waals surface area contributed by atoms with Crippen molar-refractivity contribution in [2.45, 2.75) is 18.4 Å². The Bertz CT molecular complexity index is 1140. The second kappa shape index (κ2) is 11.8. The minimum atomic E-state index is -0.710. The molecule has 3 amide bonds. The monoisotopic (exact) mass is 489 g/mol. The summed E-state index contributed by atoms with van der Waals surface area (Å²) in [6, 6.07) is 26.6. The van der Waals surface area contributed by atoms with Crippen molar-refractivity contribution in [3.8, 4) is 0 Å². The Morgan fingerprint density at radius 1 is 1.03 bits per heavy atom. The third kappa shape index (κ3) is 6.15. The molecule has 2 atom stereocenters. The Morgan fingerprint density at radius 2 is 1.69 bits per heavy atom. The lowest BCUT2D eigenvalue weighted by molar-refractivity contribution is -0.123. The molecule has 4 rings (SSSR count). The molecule has 0 spiro atoms. The third-order valence-corrected chi connectivity index (χ3v) is 6.37. The predicted octanol–water partition coefficient (Wildman–Crippen LogP) is 5.15. The van der Waals surface area contributed by atoms with Crippen molar-refractivity contribution in [2.24, 2.45) is 10.9 Å². The number of rotatable bonds is 9. The van der Waals surface area contributed by atoms with Gasteiger partial charge in [0, 0.05) is 24.6 Å². The molecular weight excluding hydrogens is 462 g/mol. The van der Waals surface area contributed by atoms with Crippen LogP contribution in [0.25, 0.3) is 0 Å². The van der Waals surface area contributed by atoms with Gasteiger partial charge in [-0.25, -0.2) is 4.79 Å². The number of amides is 3. The summed E-state index contributed by atoms with van der Waals surface area (Å²) < 4.78 is 5.26. The molecule has 0 radical (unpaired) electrons. The molecular formula is C28H28ClN3O3. The summed E-state index contributed by atoms with van der Waals surface area (Å²) >= 11 is 6.19. The molecule has 1 heterocycles. The van der Waals surface area contributed by atoms with Crippen molar-refractivity contribution in [3.63, 3.8) is 0 Å². The number of nitrogens with one attached hydrogen (secondary N) is 2. The number of carbonyl (C=O) groups excluding carboxylic acids is 2. The van der Waals surface area contributed by atoms with Crippen LogP contribution in [-0.4, -0.2) is 37.9 Å². The zero-order valence-corrected chi connectivity index (χ0v) is 20.2. The summed E-state index contributed by atoms with van der Waals surface area (Å²) in [5.74, 6) is -0.789. The van der Waals surface area contributed by atoms with Gasteiger partial charge in [-0.05, 0) is 35.2 Å². The van der Waals surface area contributed by atoms with Crippen molar-refractivity contribution < 1.29 is 14.3 Å². The van der Waals surface area contributed by atoms with Gasteiger partial charge in [0.15, 0.2) is 0 Å². The number of ether oxygens (including phenoxy) is 1. The van der Waals surface area contributed by atoms with E-state index in [9.17, 15) is 9.59 Å². The average molecular weight is 490 g/mol. The second-order valence-corrected chi connectivity index (χ2v) is 8.89. The van der Waals surface area contributed by atoms with Crippen molar-refractivity contribution in [1.82, 2.24) is 10.6 Å². The maximum absolute atomic E-state index is 13.5. The topological polar surface area (TPSA) is 79.8 Å². The minimum absolute atomic E-state index is 0.0826. The first-order chi connectivity index (χ1) is 17.1. The van der Waals surface area contributed by atoms with E-state index in [4.69, 9.17) is 16.3 Å². The van der Waals surface area contributed by atoms with Crippen LogP contribution in [-0.2, 0) is 9.53 Å². The van der Waals surface area contributed by atoms with E-state index in [1.54, 1.807) is 18.2 Å². The molecule has 3 aromatic rings. The maximum atomic E-state index is 13.5. The van der Waals surface area contributed by atoms with Crippen LogP contribution in [0.4, 0.5) is 4.79 Å². The summed E-state index contributed by atoms with van der Waals surface area (Å²) in [4.78, 5) is 29.8. The molecule has 6 nitrogen and oxygen atoms in total. The lowest BCUT2D eigenvalue weighted by atomic mass is 9.86. The standard InChI is InChI=1S/C28H28ClN3O3/c1-35-18-24-25(26(32-28(34)31-24)21-13-8-14-22(29)17-21)27(33)30-16-15-23(19-9-4-2-5-10-19)20-11-6-3-7-12-20/h2-14,17,23,25-26H,15-16,18H2,1H3,(H,30,33)(H,32,34). The Morgan fingerprint density at radius 3 is 2.29 bits per heavy atom. The molecule has 7 heteroatoms. The van der Waals surface area contributed by atoms with E-state index in [2.05, 4.69) is 39.9 Å². The highest BCUT2D eigenvalue weighted by Crippen LogP contribution is 2.30. The fraction of sp³-hybridized carbons (Fsp3) is 0.250. The number of aliphatic imine (C=N–C) groups is 1. The molecule has 0 saturated heterocycles. The molecule has 0 aliphatic carbocycles. The number of benzene rings is 3. The molecule has 0 fully saturated rings. The molecule has 1 aliphatic heterocycles. The quantitative estimate of drug-likeness (QED) is 0.436. The van der Waals surface area contributed by atoms with E-state index in [1.807, 2.05) is 42.5 Å². The van der Waals surface area contributed by atoms with E-state index < -0.39 is 18.0 Å². The highest BCUT2D eigenvalue weighted by molar-refractivity contribution is 6.30. The third-order valence-electron chi connectivity index (χ3n) is 6.14. The Kier molecular flexibility index (Phi) is 8.29. The molecule has 2 unspecified atom stereocenters. The molecule has 0 aromatic heterocycles. The number of halogens is 1. The molecule has 2 N–H and O–H groups in total. The van der Waals surface area contributed by atoms with Crippen molar-refractivity contribution in [3.05, 3.63) is 107 Å². The molecule has 0 saturated carbocycles.